The fraction of sp³-hybridized carbons (Fsp3) is 0.588. The van der Waals surface area contributed by atoms with E-state index >= 15 is 0 Å². The number of halogens is 2. The lowest BCUT2D eigenvalue weighted by molar-refractivity contribution is -0.0209. The molecule has 4 atom stereocenters. The molecule has 0 aromatic heterocycles. The summed E-state index contributed by atoms with van der Waals surface area (Å²) in [6.45, 7) is 1.63. The van der Waals surface area contributed by atoms with Gasteiger partial charge in [0.15, 0.2) is 0 Å². The molecule has 6 nitrogen and oxygen atoms in total. The largest absolute Gasteiger partial charge is 0.394 e. The first-order chi connectivity index (χ1) is 12.0. The topological polar surface area (TPSA) is 82.0 Å². The summed E-state index contributed by atoms with van der Waals surface area (Å²) in [5.74, 6) is -0.979. The highest BCUT2D eigenvalue weighted by molar-refractivity contribution is 6.31. The fourth-order valence-electron chi connectivity index (χ4n) is 3.57. The summed E-state index contributed by atoms with van der Waals surface area (Å²) >= 11 is 5.70. The molecule has 0 bridgehead atoms. The fourth-order valence-corrected chi connectivity index (χ4v) is 3.75. The van der Waals surface area contributed by atoms with Gasteiger partial charge < -0.3 is 20.3 Å². The van der Waals surface area contributed by atoms with E-state index in [9.17, 15) is 19.4 Å². The molecule has 0 saturated carbocycles. The Bertz CT molecular complexity index is 627. The molecular weight excluding hydrogens is 351 g/mol. The Morgan fingerprint density at radius 3 is 2.72 bits per heavy atom. The molecule has 2 heterocycles. The second-order valence-corrected chi connectivity index (χ2v) is 6.87. The number of hydrogen-bond acceptors (Lipinski definition) is 5. The van der Waals surface area contributed by atoms with Gasteiger partial charge in [-0.15, -0.1) is 0 Å². The van der Waals surface area contributed by atoms with Gasteiger partial charge >= 0.3 is 0 Å². The normalized spacial score (nSPS) is 29.9. The van der Waals surface area contributed by atoms with E-state index in [1.807, 2.05) is 0 Å². The second kappa shape index (κ2) is 7.97. The van der Waals surface area contributed by atoms with Gasteiger partial charge in [0.2, 0.25) is 0 Å². The van der Waals surface area contributed by atoms with Crippen LogP contribution in [0.5, 0.6) is 0 Å². The Kier molecular flexibility index (Phi) is 5.91. The maximum Gasteiger partial charge on any atom is 0.251 e. The van der Waals surface area contributed by atoms with Gasteiger partial charge in [-0.3, -0.25) is 9.69 Å². The SMILES string of the molecule is O=C(NCC1OC(CO)C(O)C1N1CCCC1)c1ccc(F)c(Cl)c1. The molecule has 2 aliphatic rings. The standard InChI is InChI=1S/C17H22ClFN2O4/c18-11-7-10(3-4-12(11)19)17(24)20-8-13-15(21-5-1-2-6-21)16(23)14(9-22)25-13/h3-4,7,13-16,22-23H,1-2,5-6,8-9H2,(H,20,24). The minimum Gasteiger partial charge on any atom is -0.394 e. The summed E-state index contributed by atoms with van der Waals surface area (Å²) in [5.41, 5.74) is 0.251. The van der Waals surface area contributed by atoms with Crippen molar-refractivity contribution in [2.45, 2.75) is 37.2 Å². The minimum absolute atomic E-state index is 0.115. The molecule has 2 saturated heterocycles. The third-order valence-electron chi connectivity index (χ3n) is 4.85. The molecule has 3 rings (SSSR count). The van der Waals surface area contributed by atoms with Gasteiger partial charge in [-0.1, -0.05) is 11.6 Å². The predicted octanol–water partition coefficient (Wildman–Crippen LogP) is 0.794. The zero-order valence-electron chi connectivity index (χ0n) is 13.7. The summed E-state index contributed by atoms with van der Waals surface area (Å²) in [7, 11) is 0. The van der Waals surface area contributed by atoms with Crippen molar-refractivity contribution < 1.29 is 24.1 Å². The maximum absolute atomic E-state index is 13.2. The molecule has 138 valence electrons. The molecule has 1 amide bonds. The highest BCUT2D eigenvalue weighted by atomic mass is 35.5. The van der Waals surface area contributed by atoms with E-state index in [2.05, 4.69) is 10.2 Å². The van der Waals surface area contributed by atoms with Crippen molar-refractivity contribution in [2.24, 2.45) is 0 Å². The van der Waals surface area contributed by atoms with Crippen LogP contribution in [0.4, 0.5) is 4.39 Å². The molecule has 2 fully saturated rings. The van der Waals surface area contributed by atoms with Gasteiger partial charge in [0.05, 0.1) is 23.8 Å². The smallest absolute Gasteiger partial charge is 0.251 e. The molecule has 25 heavy (non-hydrogen) atoms. The summed E-state index contributed by atoms with van der Waals surface area (Å²) in [5, 5.41) is 22.4. The Morgan fingerprint density at radius 2 is 2.08 bits per heavy atom. The van der Waals surface area contributed by atoms with Crippen LogP contribution in [0.25, 0.3) is 0 Å². The van der Waals surface area contributed by atoms with E-state index in [4.69, 9.17) is 16.3 Å². The van der Waals surface area contributed by atoms with E-state index in [-0.39, 0.29) is 29.8 Å². The highest BCUT2D eigenvalue weighted by Gasteiger charge is 2.46. The average Bonchev–Trinajstić information content (AvgIpc) is 3.22. The first-order valence-electron chi connectivity index (χ1n) is 8.43. The quantitative estimate of drug-likeness (QED) is 0.712. The van der Waals surface area contributed by atoms with Crippen molar-refractivity contribution in [3.63, 3.8) is 0 Å². The molecule has 0 spiro atoms. The van der Waals surface area contributed by atoms with Gasteiger partial charge in [0, 0.05) is 12.1 Å². The lowest BCUT2D eigenvalue weighted by Crippen LogP contribution is -2.50. The molecule has 1 aromatic carbocycles. The average molecular weight is 373 g/mol. The summed E-state index contributed by atoms with van der Waals surface area (Å²) < 4.78 is 18.9. The van der Waals surface area contributed by atoms with Crippen LogP contribution in [-0.2, 0) is 4.74 Å². The Hall–Kier alpha value is -1.25. The van der Waals surface area contributed by atoms with Crippen LogP contribution >= 0.6 is 11.6 Å². The minimum atomic E-state index is -0.801. The highest BCUT2D eigenvalue weighted by Crippen LogP contribution is 2.28. The first-order valence-corrected chi connectivity index (χ1v) is 8.80. The van der Waals surface area contributed by atoms with Gasteiger partial charge in [-0.25, -0.2) is 4.39 Å². The van der Waals surface area contributed by atoms with E-state index in [0.717, 1.165) is 32.0 Å². The first kappa shape index (κ1) is 18.5. The van der Waals surface area contributed by atoms with Crippen molar-refractivity contribution in [1.82, 2.24) is 10.2 Å². The third-order valence-corrected chi connectivity index (χ3v) is 5.14. The summed E-state index contributed by atoms with van der Waals surface area (Å²) in [4.78, 5) is 14.4. The Balaban J connectivity index is 1.65. The third kappa shape index (κ3) is 3.96. The number of nitrogens with one attached hydrogen (secondary N) is 1. The van der Waals surface area contributed by atoms with Crippen LogP contribution in [0, 0.1) is 5.82 Å². The number of hydrogen-bond donors (Lipinski definition) is 3. The zero-order valence-corrected chi connectivity index (χ0v) is 14.5. The van der Waals surface area contributed by atoms with E-state index < -0.39 is 30.0 Å². The van der Waals surface area contributed by atoms with Crippen molar-refractivity contribution in [3.8, 4) is 0 Å². The van der Waals surface area contributed by atoms with Crippen LogP contribution in [0.15, 0.2) is 18.2 Å². The molecule has 8 heteroatoms. The Labute approximate surface area is 150 Å². The lowest BCUT2D eigenvalue weighted by atomic mass is 10.0. The van der Waals surface area contributed by atoms with Crippen molar-refractivity contribution in [1.29, 1.82) is 0 Å². The zero-order chi connectivity index (χ0) is 18.0. The number of ether oxygens (including phenoxy) is 1. The number of amides is 1. The Morgan fingerprint density at radius 1 is 1.36 bits per heavy atom. The number of carbonyl (C=O) groups excluding carboxylic acids is 1. The van der Waals surface area contributed by atoms with E-state index in [0.29, 0.717) is 0 Å². The second-order valence-electron chi connectivity index (χ2n) is 6.46. The van der Waals surface area contributed by atoms with Gasteiger partial charge in [-0.05, 0) is 44.1 Å². The van der Waals surface area contributed by atoms with Crippen molar-refractivity contribution >= 4 is 17.5 Å². The van der Waals surface area contributed by atoms with E-state index in [1.54, 1.807) is 0 Å². The molecule has 4 unspecified atom stereocenters. The van der Waals surface area contributed by atoms with Crippen molar-refractivity contribution in [3.05, 3.63) is 34.6 Å². The monoisotopic (exact) mass is 372 g/mol. The van der Waals surface area contributed by atoms with E-state index in [1.165, 1.54) is 12.1 Å². The number of aliphatic hydroxyl groups excluding tert-OH is 2. The van der Waals surface area contributed by atoms with Crippen LogP contribution < -0.4 is 5.32 Å². The number of nitrogens with zero attached hydrogens (tertiary/aromatic N) is 1. The van der Waals surface area contributed by atoms with Crippen LogP contribution in [-0.4, -0.2) is 71.6 Å². The van der Waals surface area contributed by atoms with Crippen LogP contribution in [0.1, 0.15) is 23.2 Å². The maximum atomic E-state index is 13.2. The van der Waals surface area contributed by atoms with Crippen molar-refractivity contribution in [2.75, 3.05) is 26.2 Å². The molecule has 0 radical (unpaired) electrons. The van der Waals surface area contributed by atoms with Crippen LogP contribution in [0.3, 0.4) is 0 Å². The number of carbonyl (C=O) groups is 1. The van der Waals surface area contributed by atoms with Gasteiger partial charge in [-0.2, -0.15) is 0 Å². The molecule has 2 aliphatic heterocycles. The molecule has 0 aliphatic carbocycles. The van der Waals surface area contributed by atoms with Gasteiger partial charge in [0.25, 0.3) is 5.91 Å². The van der Waals surface area contributed by atoms with Crippen LogP contribution in [0.2, 0.25) is 5.02 Å². The number of likely N-dealkylation sites (tertiary alicyclic amines) is 1. The number of benzene rings is 1. The summed E-state index contributed by atoms with van der Waals surface area (Å²) in [6, 6.07) is 3.50. The lowest BCUT2D eigenvalue weighted by Gasteiger charge is -2.30. The molecule has 1 aromatic rings. The summed E-state index contributed by atoms with van der Waals surface area (Å²) in [6.07, 6.45) is 0.225. The van der Waals surface area contributed by atoms with Gasteiger partial charge in [0.1, 0.15) is 18.0 Å². The number of rotatable bonds is 5. The number of aliphatic hydroxyl groups is 2. The molecular formula is C17H22ClFN2O4. The molecule has 3 N–H and O–H groups in total. The predicted molar refractivity (Wildman–Crippen MR) is 90.1 cm³/mol.